The average Bonchev–Trinajstić information content (AvgIpc) is 2.67. The number of carbonyl (C=O) groups excluding carboxylic acids is 1. The summed E-state index contributed by atoms with van der Waals surface area (Å²) in [4.78, 5) is 18.4. The normalized spacial score (nSPS) is 16.9. The molecule has 0 N–H and O–H groups in total. The molecule has 2 aromatic carbocycles. The molecule has 2 aromatic rings. The fraction of sp³-hybridized carbons (Fsp3) is 0.200. The van der Waals surface area contributed by atoms with Crippen LogP contribution in [0.15, 0.2) is 65.7 Å². The van der Waals surface area contributed by atoms with Gasteiger partial charge in [-0.15, -0.1) is 0 Å². The molecule has 0 bridgehead atoms. The van der Waals surface area contributed by atoms with E-state index in [4.69, 9.17) is 0 Å². The Kier molecular flexibility index (Phi) is 6.01. The molecule has 0 radical (unpaired) electrons. The quantitative estimate of drug-likeness (QED) is 0.660. The van der Waals surface area contributed by atoms with E-state index in [0.717, 1.165) is 29.9 Å². The first-order valence-electron chi connectivity index (χ1n) is 8.37. The standard InChI is InChI=1S/C20H17F3N2OS/c21-20(22,23)16-8-4-9-17(14-16)24-19-25(12-5-13-27-19)18(26)11-10-15-6-2-1-3-7-15/h1-4,6-11,14H,5,12-13H2. The second-order valence-electron chi connectivity index (χ2n) is 5.88. The molecule has 7 heteroatoms. The molecule has 0 spiro atoms. The van der Waals surface area contributed by atoms with Gasteiger partial charge in [-0.2, -0.15) is 13.2 Å². The molecule has 3 rings (SSSR count). The van der Waals surface area contributed by atoms with Gasteiger partial charge in [-0.3, -0.25) is 9.69 Å². The van der Waals surface area contributed by atoms with Crippen LogP contribution in [0.4, 0.5) is 18.9 Å². The van der Waals surface area contributed by atoms with E-state index < -0.39 is 11.7 Å². The zero-order chi connectivity index (χ0) is 19.3. The largest absolute Gasteiger partial charge is 0.416 e. The number of benzene rings is 2. The van der Waals surface area contributed by atoms with E-state index in [1.165, 1.54) is 34.9 Å². The second kappa shape index (κ2) is 8.43. The summed E-state index contributed by atoms with van der Waals surface area (Å²) in [6, 6.07) is 14.2. The van der Waals surface area contributed by atoms with Crippen LogP contribution in [0.2, 0.25) is 0 Å². The SMILES string of the molecule is O=C(C=Cc1ccccc1)N1CCCSC1=Nc1cccc(C(F)(F)F)c1. The summed E-state index contributed by atoms with van der Waals surface area (Å²) in [7, 11) is 0. The Morgan fingerprint density at radius 3 is 2.63 bits per heavy atom. The molecule has 0 aromatic heterocycles. The Hall–Kier alpha value is -2.54. The Bertz CT molecular complexity index is 863. The Labute approximate surface area is 159 Å². The highest BCUT2D eigenvalue weighted by atomic mass is 32.2. The summed E-state index contributed by atoms with van der Waals surface area (Å²) in [5.74, 6) is 0.529. The van der Waals surface area contributed by atoms with Gasteiger partial charge in [0.2, 0.25) is 0 Å². The van der Waals surface area contributed by atoms with Crippen LogP contribution in [0.1, 0.15) is 17.5 Å². The van der Waals surface area contributed by atoms with Crippen LogP contribution in [-0.4, -0.2) is 28.3 Å². The summed E-state index contributed by atoms with van der Waals surface area (Å²) in [6.45, 7) is 0.489. The summed E-state index contributed by atoms with van der Waals surface area (Å²) in [5, 5.41) is 0.420. The maximum Gasteiger partial charge on any atom is 0.416 e. The van der Waals surface area contributed by atoms with Crippen molar-refractivity contribution in [1.29, 1.82) is 0 Å². The molecule has 1 aliphatic rings. The van der Waals surface area contributed by atoms with E-state index in [1.54, 1.807) is 6.08 Å². The first-order chi connectivity index (χ1) is 12.9. The number of aliphatic imine (C=N–C) groups is 1. The minimum absolute atomic E-state index is 0.180. The molecule has 0 aliphatic carbocycles. The lowest BCUT2D eigenvalue weighted by atomic mass is 10.2. The Morgan fingerprint density at radius 1 is 1.11 bits per heavy atom. The van der Waals surface area contributed by atoms with E-state index >= 15 is 0 Å². The first kappa shape index (κ1) is 19.2. The number of rotatable bonds is 3. The summed E-state index contributed by atoms with van der Waals surface area (Å²) in [5.41, 5.74) is 0.318. The molecular formula is C20H17F3N2OS. The summed E-state index contributed by atoms with van der Waals surface area (Å²) < 4.78 is 38.7. The molecule has 1 heterocycles. The monoisotopic (exact) mass is 390 g/mol. The van der Waals surface area contributed by atoms with Gasteiger partial charge >= 0.3 is 6.18 Å². The van der Waals surface area contributed by atoms with Crippen molar-refractivity contribution < 1.29 is 18.0 Å². The lowest BCUT2D eigenvalue weighted by Gasteiger charge is -2.26. The predicted molar refractivity (Wildman–Crippen MR) is 103 cm³/mol. The van der Waals surface area contributed by atoms with Crippen LogP contribution in [0, 0.1) is 0 Å². The van der Waals surface area contributed by atoms with Gasteiger partial charge < -0.3 is 0 Å². The van der Waals surface area contributed by atoms with Crippen molar-refractivity contribution in [2.75, 3.05) is 12.3 Å². The molecule has 0 unspecified atom stereocenters. The lowest BCUT2D eigenvalue weighted by molar-refractivity contribution is -0.137. The summed E-state index contributed by atoms with van der Waals surface area (Å²) >= 11 is 1.37. The zero-order valence-corrected chi connectivity index (χ0v) is 15.1. The maximum atomic E-state index is 12.9. The van der Waals surface area contributed by atoms with Gasteiger partial charge in [0.15, 0.2) is 5.17 Å². The van der Waals surface area contributed by atoms with E-state index in [0.29, 0.717) is 11.7 Å². The average molecular weight is 390 g/mol. The molecule has 27 heavy (non-hydrogen) atoms. The summed E-state index contributed by atoms with van der Waals surface area (Å²) in [6.07, 6.45) is -0.451. The van der Waals surface area contributed by atoms with Gasteiger partial charge in [-0.05, 0) is 36.3 Å². The van der Waals surface area contributed by atoms with Gasteiger partial charge in [0, 0.05) is 18.4 Å². The van der Waals surface area contributed by atoms with Crippen LogP contribution < -0.4 is 0 Å². The van der Waals surface area contributed by atoms with Crippen LogP contribution in [0.5, 0.6) is 0 Å². The smallest absolute Gasteiger partial charge is 0.288 e. The number of nitrogens with zero attached hydrogens (tertiary/aromatic N) is 2. The number of thioether (sulfide) groups is 1. The van der Waals surface area contributed by atoms with E-state index in [-0.39, 0.29) is 11.6 Å². The van der Waals surface area contributed by atoms with Crippen molar-refractivity contribution in [2.45, 2.75) is 12.6 Å². The molecule has 1 saturated heterocycles. The van der Waals surface area contributed by atoms with Gasteiger partial charge in [0.1, 0.15) is 0 Å². The highest BCUT2D eigenvalue weighted by molar-refractivity contribution is 8.13. The molecular weight excluding hydrogens is 373 g/mol. The van der Waals surface area contributed by atoms with Crippen LogP contribution in [-0.2, 0) is 11.0 Å². The number of hydrogen-bond donors (Lipinski definition) is 0. The number of hydrogen-bond acceptors (Lipinski definition) is 3. The first-order valence-corrected chi connectivity index (χ1v) is 9.35. The molecule has 140 valence electrons. The van der Waals surface area contributed by atoms with Crippen LogP contribution >= 0.6 is 11.8 Å². The zero-order valence-electron chi connectivity index (χ0n) is 14.3. The van der Waals surface area contributed by atoms with Crippen molar-refractivity contribution in [3.63, 3.8) is 0 Å². The third kappa shape index (κ3) is 5.23. The lowest BCUT2D eigenvalue weighted by Crippen LogP contribution is -2.38. The minimum Gasteiger partial charge on any atom is -0.288 e. The molecule has 0 saturated carbocycles. The van der Waals surface area contributed by atoms with Crippen LogP contribution in [0.3, 0.4) is 0 Å². The van der Waals surface area contributed by atoms with E-state index in [9.17, 15) is 18.0 Å². The number of halogens is 3. The van der Waals surface area contributed by atoms with Crippen molar-refractivity contribution in [1.82, 2.24) is 4.90 Å². The van der Waals surface area contributed by atoms with Crippen molar-refractivity contribution in [2.24, 2.45) is 4.99 Å². The highest BCUT2D eigenvalue weighted by Crippen LogP contribution is 2.32. The van der Waals surface area contributed by atoms with Crippen LogP contribution in [0.25, 0.3) is 6.08 Å². The fourth-order valence-electron chi connectivity index (χ4n) is 2.54. The van der Waals surface area contributed by atoms with Gasteiger partial charge in [0.05, 0.1) is 11.3 Å². The van der Waals surface area contributed by atoms with Gasteiger partial charge in [0.25, 0.3) is 5.91 Å². The molecule has 1 amide bonds. The van der Waals surface area contributed by atoms with E-state index in [1.807, 2.05) is 30.3 Å². The molecule has 1 fully saturated rings. The maximum absolute atomic E-state index is 12.9. The molecule has 3 nitrogen and oxygen atoms in total. The van der Waals surface area contributed by atoms with E-state index in [2.05, 4.69) is 4.99 Å². The van der Waals surface area contributed by atoms with Gasteiger partial charge in [-0.25, -0.2) is 4.99 Å². The highest BCUT2D eigenvalue weighted by Gasteiger charge is 2.30. The molecule has 1 aliphatic heterocycles. The minimum atomic E-state index is -4.43. The Balaban J connectivity index is 1.82. The Morgan fingerprint density at radius 2 is 1.89 bits per heavy atom. The third-order valence-electron chi connectivity index (χ3n) is 3.87. The molecule has 0 atom stereocenters. The van der Waals surface area contributed by atoms with Crippen molar-refractivity contribution in [3.05, 3.63) is 71.8 Å². The number of carbonyl (C=O) groups is 1. The van der Waals surface area contributed by atoms with Gasteiger partial charge in [-0.1, -0.05) is 48.2 Å². The number of amides is 1. The van der Waals surface area contributed by atoms with Crippen molar-refractivity contribution in [3.8, 4) is 0 Å². The number of amidine groups is 1. The van der Waals surface area contributed by atoms with Crippen molar-refractivity contribution >= 4 is 34.6 Å². The third-order valence-corrected chi connectivity index (χ3v) is 4.93. The topological polar surface area (TPSA) is 32.7 Å². The number of alkyl halides is 3. The second-order valence-corrected chi connectivity index (χ2v) is 6.94. The fourth-order valence-corrected chi connectivity index (χ4v) is 3.50. The predicted octanol–water partition coefficient (Wildman–Crippen LogP) is 5.37.